The number of aryl methyl sites for hydroxylation is 1. The van der Waals surface area contributed by atoms with Crippen molar-refractivity contribution in [2.24, 2.45) is 17.8 Å². The van der Waals surface area contributed by atoms with Crippen LogP contribution in [0.1, 0.15) is 42.9 Å². The molecule has 2 N–H and O–H groups in total. The fraction of sp³-hybridized carbons (Fsp3) is 0.588. The Kier molecular flexibility index (Phi) is 2.84. The van der Waals surface area contributed by atoms with Crippen molar-refractivity contribution in [1.82, 2.24) is 5.32 Å². The second-order valence-electron chi connectivity index (χ2n) is 6.72. The zero-order chi connectivity index (χ0) is 13.7. The van der Waals surface area contributed by atoms with Crippen LogP contribution in [-0.2, 0) is 11.2 Å². The summed E-state index contributed by atoms with van der Waals surface area (Å²) in [5, 5.41) is 6.50. The smallest absolute Gasteiger partial charge is 0.224 e. The Bertz CT molecular complexity index is 544. The van der Waals surface area contributed by atoms with Gasteiger partial charge in [-0.25, -0.2) is 0 Å². The van der Waals surface area contributed by atoms with E-state index >= 15 is 0 Å². The van der Waals surface area contributed by atoms with Gasteiger partial charge in [0.2, 0.25) is 5.91 Å². The lowest BCUT2D eigenvalue weighted by Gasteiger charge is -2.26. The van der Waals surface area contributed by atoms with Gasteiger partial charge in [-0.05, 0) is 67.7 Å². The van der Waals surface area contributed by atoms with Crippen molar-refractivity contribution in [2.75, 3.05) is 12.4 Å². The lowest BCUT2D eigenvalue weighted by molar-refractivity contribution is -0.116. The van der Waals surface area contributed by atoms with Crippen molar-refractivity contribution >= 4 is 11.6 Å². The third-order valence-corrected chi connectivity index (χ3v) is 5.45. The van der Waals surface area contributed by atoms with Gasteiger partial charge in [0.1, 0.15) is 0 Å². The molecule has 0 spiro atoms. The molecule has 1 aromatic rings. The normalized spacial score (nSPS) is 32.2. The van der Waals surface area contributed by atoms with E-state index in [1.165, 1.54) is 30.4 Å². The van der Waals surface area contributed by atoms with Crippen LogP contribution in [0.5, 0.6) is 0 Å². The molecule has 20 heavy (non-hydrogen) atoms. The summed E-state index contributed by atoms with van der Waals surface area (Å²) >= 11 is 0. The number of hydrogen-bond donors (Lipinski definition) is 2. The number of carbonyl (C=O) groups is 1. The predicted molar refractivity (Wildman–Crippen MR) is 79.5 cm³/mol. The van der Waals surface area contributed by atoms with Crippen LogP contribution in [0, 0.1) is 17.8 Å². The minimum absolute atomic E-state index is 0.145. The van der Waals surface area contributed by atoms with Crippen molar-refractivity contribution in [3.63, 3.8) is 0 Å². The Labute approximate surface area is 120 Å². The average molecular weight is 270 g/mol. The maximum atomic E-state index is 11.4. The van der Waals surface area contributed by atoms with E-state index < -0.39 is 0 Å². The van der Waals surface area contributed by atoms with Crippen LogP contribution in [0.4, 0.5) is 5.69 Å². The summed E-state index contributed by atoms with van der Waals surface area (Å²) in [6.07, 6.45) is 5.76. The molecule has 0 radical (unpaired) electrons. The first kappa shape index (κ1) is 12.4. The van der Waals surface area contributed by atoms with E-state index in [2.05, 4.69) is 35.9 Å². The van der Waals surface area contributed by atoms with Crippen molar-refractivity contribution in [3.8, 4) is 0 Å². The van der Waals surface area contributed by atoms with Crippen molar-refractivity contribution in [1.29, 1.82) is 0 Å². The zero-order valence-corrected chi connectivity index (χ0v) is 12.0. The van der Waals surface area contributed by atoms with Crippen molar-refractivity contribution in [3.05, 3.63) is 29.3 Å². The number of rotatable bonds is 3. The van der Waals surface area contributed by atoms with Gasteiger partial charge in [0, 0.05) is 18.2 Å². The average Bonchev–Trinajstić information content (AvgIpc) is 3.06. The van der Waals surface area contributed by atoms with Crippen LogP contribution in [0.2, 0.25) is 0 Å². The second kappa shape index (κ2) is 4.59. The molecule has 1 aromatic carbocycles. The molecule has 1 aliphatic heterocycles. The van der Waals surface area contributed by atoms with Crippen LogP contribution < -0.4 is 10.6 Å². The number of hydrogen-bond acceptors (Lipinski definition) is 2. The molecule has 2 fully saturated rings. The van der Waals surface area contributed by atoms with E-state index in [0.717, 1.165) is 29.9 Å². The van der Waals surface area contributed by atoms with Crippen molar-refractivity contribution in [2.45, 2.75) is 38.1 Å². The first-order valence-corrected chi connectivity index (χ1v) is 7.84. The summed E-state index contributed by atoms with van der Waals surface area (Å²) in [6.45, 7) is 0. The molecular weight excluding hydrogens is 248 g/mol. The van der Waals surface area contributed by atoms with Gasteiger partial charge in [0.05, 0.1) is 0 Å². The van der Waals surface area contributed by atoms with Gasteiger partial charge in [-0.1, -0.05) is 12.1 Å². The van der Waals surface area contributed by atoms with Gasteiger partial charge in [0.25, 0.3) is 0 Å². The molecule has 3 nitrogen and oxygen atoms in total. The highest BCUT2D eigenvalue weighted by atomic mass is 16.1. The van der Waals surface area contributed by atoms with Crippen LogP contribution in [-0.4, -0.2) is 13.0 Å². The molecule has 3 heteroatoms. The maximum Gasteiger partial charge on any atom is 0.224 e. The molecule has 2 saturated carbocycles. The Balaban J connectivity index is 1.58. The van der Waals surface area contributed by atoms with Crippen LogP contribution in [0.25, 0.3) is 0 Å². The first-order chi connectivity index (χ1) is 9.74. The Morgan fingerprint density at radius 1 is 1.20 bits per heavy atom. The molecule has 3 aliphatic rings. The van der Waals surface area contributed by atoms with E-state index in [-0.39, 0.29) is 5.91 Å². The van der Waals surface area contributed by atoms with Crippen LogP contribution in [0.3, 0.4) is 0 Å². The van der Waals surface area contributed by atoms with Crippen LogP contribution >= 0.6 is 0 Å². The van der Waals surface area contributed by atoms with Crippen LogP contribution in [0.15, 0.2) is 18.2 Å². The maximum absolute atomic E-state index is 11.4. The molecule has 0 bridgehead atoms. The zero-order valence-electron chi connectivity index (χ0n) is 12.0. The summed E-state index contributed by atoms with van der Waals surface area (Å²) in [6, 6.07) is 7.06. The SMILES string of the molecule is CNC(c1ccc2c(c1)CCC(=O)N2)C1CC2CC2C1. The molecule has 2 aliphatic carbocycles. The molecule has 3 atom stereocenters. The Morgan fingerprint density at radius 2 is 2.00 bits per heavy atom. The van der Waals surface area contributed by atoms with Gasteiger partial charge in [0.15, 0.2) is 0 Å². The number of fused-ring (bicyclic) bond motifs is 2. The summed E-state index contributed by atoms with van der Waals surface area (Å²) in [4.78, 5) is 11.4. The minimum atomic E-state index is 0.145. The second-order valence-corrected chi connectivity index (χ2v) is 6.72. The highest BCUT2D eigenvalue weighted by Gasteiger charge is 2.47. The van der Waals surface area contributed by atoms with E-state index in [0.29, 0.717) is 12.5 Å². The molecule has 1 amide bonds. The molecule has 0 aromatic heterocycles. The van der Waals surface area contributed by atoms with Gasteiger partial charge in [-0.15, -0.1) is 0 Å². The standard InChI is InChI=1S/C17H22N2O/c1-18-17(14-8-12-7-13(12)9-14)11-2-4-15-10(6-11)3-5-16(20)19-15/h2,4,6,12-14,17-18H,3,5,7-9H2,1H3,(H,19,20). The molecular formula is C17H22N2O. The Morgan fingerprint density at radius 3 is 2.75 bits per heavy atom. The summed E-state index contributed by atoms with van der Waals surface area (Å²) in [5.41, 5.74) is 3.70. The van der Waals surface area contributed by atoms with E-state index in [9.17, 15) is 4.79 Å². The highest BCUT2D eigenvalue weighted by molar-refractivity contribution is 5.93. The molecule has 0 saturated heterocycles. The topological polar surface area (TPSA) is 41.1 Å². The monoisotopic (exact) mass is 270 g/mol. The van der Waals surface area contributed by atoms with E-state index in [1.54, 1.807) is 0 Å². The summed E-state index contributed by atoms with van der Waals surface area (Å²) in [5.74, 6) is 2.98. The van der Waals surface area contributed by atoms with Gasteiger partial charge in [-0.2, -0.15) is 0 Å². The third kappa shape index (κ3) is 2.05. The van der Waals surface area contributed by atoms with Crippen molar-refractivity contribution < 1.29 is 4.79 Å². The largest absolute Gasteiger partial charge is 0.326 e. The summed E-state index contributed by atoms with van der Waals surface area (Å²) in [7, 11) is 2.08. The number of amides is 1. The number of benzene rings is 1. The highest BCUT2D eigenvalue weighted by Crippen LogP contribution is 2.57. The van der Waals surface area contributed by atoms with Gasteiger partial charge < -0.3 is 10.6 Å². The van der Waals surface area contributed by atoms with Gasteiger partial charge >= 0.3 is 0 Å². The molecule has 1 heterocycles. The van der Waals surface area contributed by atoms with E-state index in [1.807, 2.05) is 0 Å². The fourth-order valence-electron chi connectivity index (χ4n) is 4.31. The summed E-state index contributed by atoms with van der Waals surface area (Å²) < 4.78 is 0. The van der Waals surface area contributed by atoms with E-state index in [4.69, 9.17) is 0 Å². The fourth-order valence-corrected chi connectivity index (χ4v) is 4.31. The first-order valence-electron chi connectivity index (χ1n) is 7.84. The Hall–Kier alpha value is -1.35. The molecule has 106 valence electrons. The molecule has 3 unspecified atom stereocenters. The third-order valence-electron chi connectivity index (χ3n) is 5.45. The number of nitrogens with one attached hydrogen (secondary N) is 2. The predicted octanol–water partition coefficient (Wildman–Crippen LogP) is 2.88. The lowest BCUT2D eigenvalue weighted by Crippen LogP contribution is -2.25. The lowest BCUT2D eigenvalue weighted by atomic mass is 9.87. The number of anilines is 1. The van der Waals surface area contributed by atoms with Gasteiger partial charge in [-0.3, -0.25) is 4.79 Å². The molecule has 4 rings (SSSR count). The minimum Gasteiger partial charge on any atom is -0.326 e. The number of carbonyl (C=O) groups excluding carboxylic acids is 1. The quantitative estimate of drug-likeness (QED) is 0.886.